The van der Waals surface area contributed by atoms with Crippen molar-refractivity contribution in [3.8, 4) is 17.2 Å². The van der Waals surface area contributed by atoms with Crippen LogP contribution in [0.4, 0.5) is 0 Å². The molecule has 0 aromatic heterocycles. The lowest BCUT2D eigenvalue weighted by Crippen LogP contribution is -2.12. The molecule has 136 valence electrons. The predicted octanol–water partition coefficient (Wildman–Crippen LogP) is 4.20. The number of rotatable bonds is 9. The fraction of sp³-hybridized carbons (Fsp3) is 0.273. The van der Waals surface area contributed by atoms with Crippen LogP contribution in [0.1, 0.15) is 12.5 Å². The lowest BCUT2D eigenvalue weighted by atomic mass is 10.0. The largest absolute Gasteiger partial charge is 0.490 e. The van der Waals surface area contributed by atoms with E-state index in [-0.39, 0.29) is 0 Å². The topological polar surface area (TPSA) is 53.7 Å². The summed E-state index contributed by atoms with van der Waals surface area (Å²) < 4.78 is 17.4. The van der Waals surface area contributed by atoms with Crippen LogP contribution < -0.4 is 19.9 Å². The molecule has 0 bridgehead atoms. The van der Waals surface area contributed by atoms with Crippen LogP contribution in [0.15, 0.2) is 60.7 Å². The Labute approximate surface area is 154 Å². The molecule has 4 heteroatoms. The molecule has 3 rings (SSSR count). The van der Waals surface area contributed by atoms with Crippen molar-refractivity contribution in [2.75, 3.05) is 26.4 Å². The Morgan fingerprint density at radius 2 is 1.38 bits per heavy atom. The molecule has 0 aliphatic heterocycles. The van der Waals surface area contributed by atoms with Crippen molar-refractivity contribution >= 4 is 10.8 Å². The molecule has 0 saturated carbocycles. The molecule has 0 radical (unpaired) electrons. The monoisotopic (exact) mass is 351 g/mol. The van der Waals surface area contributed by atoms with E-state index in [1.807, 2.05) is 49.4 Å². The molecule has 4 nitrogen and oxygen atoms in total. The third-order valence-corrected chi connectivity index (χ3v) is 4.14. The number of nitrogens with two attached hydrogens (primary N) is 1. The number of hydrogen-bond acceptors (Lipinski definition) is 4. The van der Waals surface area contributed by atoms with E-state index in [0.29, 0.717) is 26.4 Å². The van der Waals surface area contributed by atoms with Crippen LogP contribution >= 0.6 is 0 Å². The van der Waals surface area contributed by atoms with Crippen molar-refractivity contribution in [3.63, 3.8) is 0 Å². The lowest BCUT2D eigenvalue weighted by molar-refractivity contribution is 0.207. The maximum absolute atomic E-state index is 6.00. The minimum Gasteiger partial charge on any atom is -0.490 e. The van der Waals surface area contributed by atoms with Gasteiger partial charge in [-0.25, -0.2) is 0 Å². The van der Waals surface area contributed by atoms with E-state index in [9.17, 15) is 0 Å². The predicted molar refractivity (Wildman–Crippen MR) is 105 cm³/mol. The van der Waals surface area contributed by atoms with E-state index in [2.05, 4.69) is 18.2 Å². The van der Waals surface area contributed by atoms with Gasteiger partial charge in [0.1, 0.15) is 19.0 Å². The van der Waals surface area contributed by atoms with Crippen LogP contribution in [0.5, 0.6) is 17.2 Å². The van der Waals surface area contributed by atoms with Gasteiger partial charge in [-0.15, -0.1) is 0 Å². The van der Waals surface area contributed by atoms with Gasteiger partial charge < -0.3 is 19.9 Å². The van der Waals surface area contributed by atoms with E-state index < -0.39 is 0 Å². The first-order valence-corrected chi connectivity index (χ1v) is 9.01. The average molecular weight is 351 g/mol. The summed E-state index contributed by atoms with van der Waals surface area (Å²) in [6.07, 6.45) is 0.782. The molecule has 2 N–H and O–H groups in total. The zero-order valence-electron chi connectivity index (χ0n) is 15.1. The molecular formula is C22H25NO3. The van der Waals surface area contributed by atoms with Gasteiger partial charge in [0, 0.05) is 5.56 Å². The van der Waals surface area contributed by atoms with Gasteiger partial charge in [-0.05, 0) is 48.9 Å². The van der Waals surface area contributed by atoms with Crippen molar-refractivity contribution in [2.24, 2.45) is 5.73 Å². The summed E-state index contributed by atoms with van der Waals surface area (Å²) in [5, 5.41) is 2.39. The van der Waals surface area contributed by atoms with Crippen LogP contribution in [0, 0.1) is 0 Å². The molecule has 0 saturated heterocycles. The molecule has 0 spiro atoms. The summed E-state index contributed by atoms with van der Waals surface area (Å²) in [4.78, 5) is 0. The van der Waals surface area contributed by atoms with Gasteiger partial charge in [-0.1, -0.05) is 42.5 Å². The highest BCUT2D eigenvalue weighted by Crippen LogP contribution is 2.29. The first-order chi connectivity index (χ1) is 12.8. The van der Waals surface area contributed by atoms with Gasteiger partial charge in [0.2, 0.25) is 0 Å². The Hall–Kier alpha value is -2.72. The maximum Gasteiger partial charge on any atom is 0.161 e. The van der Waals surface area contributed by atoms with Crippen LogP contribution in [0.2, 0.25) is 0 Å². The summed E-state index contributed by atoms with van der Waals surface area (Å²) >= 11 is 0. The molecule has 0 amide bonds. The lowest BCUT2D eigenvalue weighted by Gasteiger charge is -2.15. The van der Waals surface area contributed by atoms with Crippen molar-refractivity contribution in [1.29, 1.82) is 0 Å². The summed E-state index contributed by atoms with van der Waals surface area (Å²) in [5.74, 6) is 2.36. The zero-order valence-corrected chi connectivity index (χ0v) is 15.1. The second kappa shape index (κ2) is 9.11. The van der Waals surface area contributed by atoms with Gasteiger partial charge >= 0.3 is 0 Å². The van der Waals surface area contributed by atoms with Crippen molar-refractivity contribution in [1.82, 2.24) is 0 Å². The highest BCUT2D eigenvalue weighted by molar-refractivity contribution is 5.87. The molecule has 0 aliphatic rings. The fourth-order valence-electron chi connectivity index (χ4n) is 3.00. The standard InChI is InChI=1S/C22H25NO3/c1-2-24-21-9-5-6-10-22(21)26-16-15-25-20-12-11-17-7-3-4-8-18(17)19(20)13-14-23/h3-12H,2,13-16,23H2,1H3. The second-order valence-electron chi connectivity index (χ2n) is 5.88. The van der Waals surface area contributed by atoms with Crippen LogP contribution in [-0.4, -0.2) is 26.4 Å². The number of ether oxygens (including phenoxy) is 3. The Bertz CT molecular complexity index is 848. The van der Waals surface area contributed by atoms with Gasteiger partial charge in [0.05, 0.1) is 6.61 Å². The summed E-state index contributed by atoms with van der Waals surface area (Å²) in [6, 6.07) is 20.1. The Morgan fingerprint density at radius 3 is 2.12 bits per heavy atom. The fourth-order valence-corrected chi connectivity index (χ4v) is 3.00. The van der Waals surface area contributed by atoms with E-state index in [0.717, 1.165) is 29.2 Å². The average Bonchev–Trinajstić information content (AvgIpc) is 2.68. The summed E-state index contributed by atoms with van der Waals surface area (Å²) in [5.41, 5.74) is 6.96. The first-order valence-electron chi connectivity index (χ1n) is 9.01. The molecule has 3 aromatic rings. The Morgan fingerprint density at radius 1 is 0.731 bits per heavy atom. The van der Waals surface area contributed by atoms with Gasteiger partial charge in [-0.3, -0.25) is 0 Å². The van der Waals surface area contributed by atoms with E-state index in [1.54, 1.807) is 0 Å². The normalized spacial score (nSPS) is 10.7. The maximum atomic E-state index is 6.00. The van der Waals surface area contributed by atoms with Crippen LogP contribution in [0.25, 0.3) is 10.8 Å². The van der Waals surface area contributed by atoms with Gasteiger partial charge in [0.15, 0.2) is 11.5 Å². The quantitative estimate of drug-likeness (QED) is 0.587. The highest BCUT2D eigenvalue weighted by Gasteiger charge is 2.09. The third kappa shape index (κ3) is 4.27. The zero-order chi connectivity index (χ0) is 18.2. The number of fused-ring (bicyclic) bond motifs is 1. The molecule has 0 heterocycles. The minimum atomic E-state index is 0.443. The Kier molecular flexibility index (Phi) is 6.34. The molecule has 0 atom stereocenters. The number of benzene rings is 3. The second-order valence-corrected chi connectivity index (χ2v) is 5.88. The smallest absolute Gasteiger partial charge is 0.161 e. The van der Waals surface area contributed by atoms with Crippen molar-refractivity contribution in [2.45, 2.75) is 13.3 Å². The molecule has 0 fully saturated rings. The summed E-state index contributed by atoms with van der Waals surface area (Å²) in [6.45, 7) is 4.05. The van der Waals surface area contributed by atoms with Crippen LogP contribution in [0.3, 0.4) is 0 Å². The minimum absolute atomic E-state index is 0.443. The summed E-state index contributed by atoms with van der Waals surface area (Å²) in [7, 11) is 0. The highest BCUT2D eigenvalue weighted by atomic mass is 16.5. The molecular weight excluding hydrogens is 326 g/mol. The van der Waals surface area contributed by atoms with Crippen LogP contribution in [-0.2, 0) is 6.42 Å². The van der Waals surface area contributed by atoms with Gasteiger partial charge in [-0.2, -0.15) is 0 Å². The van der Waals surface area contributed by atoms with E-state index in [4.69, 9.17) is 19.9 Å². The number of para-hydroxylation sites is 2. The van der Waals surface area contributed by atoms with Gasteiger partial charge in [0.25, 0.3) is 0 Å². The molecule has 0 unspecified atom stereocenters. The Balaban J connectivity index is 1.66. The van der Waals surface area contributed by atoms with Crippen molar-refractivity contribution < 1.29 is 14.2 Å². The van der Waals surface area contributed by atoms with E-state index in [1.165, 1.54) is 10.8 Å². The molecule has 26 heavy (non-hydrogen) atoms. The molecule has 0 aliphatic carbocycles. The SMILES string of the molecule is CCOc1ccccc1OCCOc1ccc2ccccc2c1CCN. The van der Waals surface area contributed by atoms with Crippen molar-refractivity contribution in [3.05, 3.63) is 66.2 Å². The van der Waals surface area contributed by atoms with E-state index >= 15 is 0 Å². The third-order valence-electron chi connectivity index (χ3n) is 4.14. The first kappa shape index (κ1) is 18.1. The number of hydrogen-bond donors (Lipinski definition) is 1. The molecule has 3 aromatic carbocycles.